The number of hydrogen-bond donors (Lipinski definition) is 1. The fourth-order valence-electron chi connectivity index (χ4n) is 2.63. The van der Waals surface area contributed by atoms with Crippen LogP contribution in [0.2, 0.25) is 0 Å². The van der Waals surface area contributed by atoms with E-state index in [0.717, 1.165) is 13.1 Å². The van der Waals surface area contributed by atoms with E-state index >= 15 is 0 Å². The van der Waals surface area contributed by atoms with Gasteiger partial charge in [-0.1, -0.05) is 42.0 Å². The molecule has 2 heteroatoms. The van der Waals surface area contributed by atoms with Gasteiger partial charge in [-0.3, -0.25) is 0 Å². The fourth-order valence-corrected chi connectivity index (χ4v) is 2.63. The Labute approximate surface area is 132 Å². The third-order valence-electron chi connectivity index (χ3n) is 3.87. The molecule has 0 saturated carbocycles. The normalized spacial score (nSPS) is 10.8. The molecular formula is C20H22N2. The maximum atomic E-state index is 3.53. The van der Waals surface area contributed by atoms with Gasteiger partial charge in [0.05, 0.1) is 0 Å². The molecular weight excluding hydrogens is 268 g/mol. The summed E-state index contributed by atoms with van der Waals surface area (Å²) in [6.45, 7) is 5.99. The van der Waals surface area contributed by atoms with E-state index in [4.69, 9.17) is 0 Å². The highest BCUT2D eigenvalue weighted by Crippen LogP contribution is 2.14. The molecule has 0 aliphatic heterocycles. The monoisotopic (exact) mass is 290 g/mol. The van der Waals surface area contributed by atoms with Crippen molar-refractivity contribution in [3.05, 3.63) is 89.2 Å². The van der Waals surface area contributed by atoms with E-state index in [0.29, 0.717) is 0 Å². The van der Waals surface area contributed by atoms with Crippen LogP contribution in [-0.4, -0.2) is 4.57 Å². The molecule has 0 unspecified atom stereocenters. The van der Waals surface area contributed by atoms with Gasteiger partial charge in [0, 0.05) is 30.7 Å². The molecule has 0 amide bonds. The van der Waals surface area contributed by atoms with Crippen LogP contribution in [0.15, 0.2) is 66.9 Å². The van der Waals surface area contributed by atoms with Crippen LogP contribution in [0.1, 0.15) is 22.4 Å². The first kappa shape index (κ1) is 14.6. The molecule has 112 valence electrons. The number of benzene rings is 2. The largest absolute Gasteiger partial charge is 0.320 e. The zero-order valence-electron chi connectivity index (χ0n) is 13.2. The highest BCUT2D eigenvalue weighted by Gasteiger charge is 2.03. The molecule has 22 heavy (non-hydrogen) atoms. The highest BCUT2D eigenvalue weighted by atomic mass is 15.0. The van der Waals surface area contributed by atoms with Gasteiger partial charge >= 0.3 is 0 Å². The van der Waals surface area contributed by atoms with Crippen LogP contribution in [0.4, 0.5) is 0 Å². The second-order valence-corrected chi connectivity index (χ2v) is 5.80. The molecule has 0 spiro atoms. The van der Waals surface area contributed by atoms with Crippen LogP contribution >= 0.6 is 0 Å². The van der Waals surface area contributed by atoms with E-state index in [-0.39, 0.29) is 0 Å². The van der Waals surface area contributed by atoms with Crippen molar-refractivity contribution in [1.29, 1.82) is 0 Å². The van der Waals surface area contributed by atoms with Gasteiger partial charge in [-0.15, -0.1) is 0 Å². The van der Waals surface area contributed by atoms with Crippen molar-refractivity contribution in [1.82, 2.24) is 9.88 Å². The van der Waals surface area contributed by atoms with Crippen molar-refractivity contribution in [3.8, 4) is 5.69 Å². The number of nitrogens with zero attached hydrogens (tertiary/aromatic N) is 1. The van der Waals surface area contributed by atoms with E-state index in [9.17, 15) is 0 Å². The third-order valence-corrected chi connectivity index (χ3v) is 3.87. The van der Waals surface area contributed by atoms with E-state index in [1.165, 1.54) is 28.1 Å². The topological polar surface area (TPSA) is 17.0 Å². The van der Waals surface area contributed by atoms with Crippen LogP contribution in [0.5, 0.6) is 0 Å². The summed E-state index contributed by atoms with van der Waals surface area (Å²) < 4.78 is 2.25. The molecule has 1 N–H and O–H groups in total. The summed E-state index contributed by atoms with van der Waals surface area (Å²) in [6, 6.07) is 21.6. The Bertz CT molecular complexity index is 738. The summed E-state index contributed by atoms with van der Waals surface area (Å²) in [7, 11) is 0. The minimum absolute atomic E-state index is 0.856. The van der Waals surface area contributed by atoms with Gasteiger partial charge in [-0.2, -0.15) is 0 Å². The maximum Gasteiger partial charge on any atom is 0.0455 e. The Morgan fingerprint density at radius 1 is 0.818 bits per heavy atom. The smallest absolute Gasteiger partial charge is 0.0455 e. The summed E-state index contributed by atoms with van der Waals surface area (Å²) in [6.07, 6.45) is 2.12. The lowest BCUT2D eigenvalue weighted by Crippen LogP contribution is -2.15. The first-order chi connectivity index (χ1) is 10.7. The van der Waals surface area contributed by atoms with Crippen molar-refractivity contribution in [2.45, 2.75) is 26.9 Å². The van der Waals surface area contributed by atoms with E-state index in [2.05, 4.69) is 90.6 Å². The third kappa shape index (κ3) is 3.46. The number of aryl methyl sites for hydroxylation is 2. The van der Waals surface area contributed by atoms with E-state index in [1.54, 1.807) is 0 Å². The number of rotatable bonds is 5. The van der Waals surface area contributed by atoms with Gasteiger partial charge in [0.1, 0.15) is 0 Å². The van der Waals surface area contributed by atoms with Gasteiger partial charge in [0.15, 0.2) is 0 Å². The summed E-state index contributed by atoms with van der Waals surface area (Å²) in [5, 5.41) is 3.53. The quantitative estimate of drug-likeness (QED) is 0.737. The van der Waals surface area contributed by atoms with Crippen LogP contribution in [-0.2, 0) is 13.1 Å². The minimum atomic E-state index is 0.856. The SMILES string of the molecule is Cc1ccc(CNCc2cccn2-c2cccc(C)c2)cc1. The summed E-state index contributed by atoms with van der Waals surface area (Å²) in [5.74, 6) is 0. The Hall–Kier alpha value is -2.32. The molecule has 0 aliphatic carbocycles. The lowest BCUT2D eigenvalue weighted by atomic mass is 10.1. The molecule has 0 radical (unpaired) electrons. The van der Waals surface area contributed by atoms with Crippen LogP contribution in [0.3, 0.4) is 0 Å². The van der Waals surface area contributed by atoms with Gasteiger partial charge in [-0.25, -0.2) is 0 Å². The van der Waals surface area contributed by atoms with Crippen molar-refractivity contribution >= 4 is 0 Å². The van der Waals surface area contributed by atoms with Crippen LogP contribution < -0.4 is 5.32 Å². The van der Waals surface area contributed by atoms with Crippen molar-refractivity contribution in [2.75, 3.05) is 0 Å². The molecule has 1 aromatic heterocycles. The minimum Gasteiger partial charge on any atom is -0.320 e. The van der Waals surface area contributed by atoms with E-state index in [1.807, 2.05) is 0 Å². The Kier molecular flexibility index (Phi) is 4.40. The van der Waals surface area contributed by atoms with Crippen molar-refractivity contribution in [2.24, 2.45) is 0 Å². The average molecular weight is 290 g/mol. The average Bonchev–Trinajstić information content (AvgIpc) is 2.98. The first-order valence-corrected chi connectivity index (χ1v) is 7.72. The molecule has 0 fully saturated rings. The second kappa shape index (κ2) is 6.63. The molecule has 0 atom stereocenters. The Morgan fingerprint density at radius 3 is 2.41 bits per heavy atom. The molecule has 3 aromatic rings. The Morgan fingerprint density at radius 2 is 1.64 bits per heavy atom. The van der Waals surface area contributed by atoms with Crippen LogP contribution in [0, 0.1) is 13.8 Å². The van der Waals surface area contributed by atoms with Gasteiger partial charge in [-0.05, 0) is 49.2 Å². The zero-order valence-corrected chi connectivity index (χ0v) is 13.2. The number of nitrogens with one attached hydrogen (secondary N) is 1. The first-order valence-electron chi connectivity index (χ1n) is 7.72. The second-order valence-electron chi connectivity index (χ2n) is 5.80. The molecule has 0 bridgehead atoms. The van der Waals surface area contributed by atoms with E-state index < -0.39 is 0 Å². The van der Waals surface area contributed by atoms with Crippen molar-refractivity contribution < 1.29 is 0 Å². The highest BCUT2D eigenvalue weighted by molar-refractivity contribution is 5.38. The van der Waals surface area contributed by atoms with Crippen LogP contribution in [0.25, 0.3) is 5.69 Å². The summed E-state index contributed by atoms with van der Waals surface area (Å²) in [5.41, 5.74) is 6.40. The standard InChI is InChI=1S/C20H22N2/c1-16-8-10-18(11-9-16)14-21-15-20-7-4-12-22(20)19-6-3-5-17(2)13-19/h3-13,21H,14-15H2,1-2H3. The molecule has 0 saturated heterocycles. The predicted molar refractivity (Wildman–Crippen MR) is 92.2 cm³/mol. The molecule has 3 rings (SSSR count). The maximum absolute atomic E-state index is 3.53. The van der Waals surface area contributed by atoms with Gasteiger partial charge < -0.3 is 9.88 Å². The summed E-state index contributed by atoms with van der Waals surface area (Å²) in [4.78, 5) is 0. The number of aromatic nitrogens is 1. The lowest BCUT2D eigenvalue weighted by molar-refractivity contribution is 0.669. The molecule has 1 heterocycles. The molecule has 2 aromatic carbocycles. The van der Waals surface area contributed by atoms with Gasteiger partial charge in [0.2, 0.25) is 0 Å². The molecule has 0 aliphatic rings. The summed E-state index contributed by atoms with van der Waals surface area (Å²) >= 11 is 0. The Balaban J connectivity index is 1.66. The molecule has 2 nitrogen and oxygen atoms in total. The predicted octanol–water partition coefficient (Wildman–Crippen LogP) is 4.38. The number of hydrogen-bond acceptors (Lipinski definition) is 1. The van der Waals surface area contributed by atoms with Crippen molar-refractivity contribution in [3.63, 3.8) is 0 Å². The van der Waals surface area contributed by atoms with Gasteiger partial charge in [0.25, 0.3) is 0 Å². The zero-order chi connectivity index (χ0) is 15.4. The fraction of sp³-hybridized carbons (Fsp3) is 0.200. The lowest BCUT2D eigenvalue weighted by Gasteiger charge is -2.11.